The van der Waals surface area contributed by atoms with E-state index in [1.54, 1.807) is 0 Å². The Morgan fingerprint density at radius 2 is 1.20 bits per heavy atom. The monoisotopic (exact) mass is 524 g/mol. The third-order valence-electron chi connectivity index (χ3n) is 8.02. The van der Waals surface area contributed by atoms with Crippen molar-refractivity contribution in [3.8, 4) is 11.5 Å². The average molecular weight is 525 g/mol. The SMILES string of the molecule is CN(c1ccccc1)c1ccc2c(c1)Oc1ccc(N(C)c3ccccc3)cc1C21Cc2ccccc2C(=O)O1. The number of hydrogen-bond acceptors (Lipinski definition) is 5. The van der Waals surface area contributed by atoms with Gasteiger partial charge in [0.05, 0.1) is 5.56 Å². The highest BCUT2D eigenvalue weighted by atomic mass is 16.6. The Hall–Kier alpha value is -5.03. The number of carbonyl (C=O) groups is 1. The zero-order valence-electron chi connectivity index (χ0n) is 22.4. The maximum atomic E-state index is 13.5. The summed E-state index contributed by atoms with van der Waals surface area (Å²) >= 11 is 0. The number of benzene rings is 5. The number of anilines is 4. The Morgan fingerprint density at radius 3 is 1.90 bits per heavy atom. The van der Waals surface area contributed by atoms with Gasteiger partial charge >= 0.3 is 5.97 Å². The first-order valence-electron chi connectivity index (χ1n) is 13.4. The molecule has 1 spiro atoms. The summed E-state index contributed by atoms with van der Waals surface area (Å²) in [5.74, 6) is 1.04. The molecule has 0 bridgehead atoms. The summed E-state index contributed by atoms with van der Waals surface area (Å²) in [6.07, 6.45) is 0.519. The number of fused-ring (bicyclic) bond motifs is 5. The van der Waals surface area contributed by atoms with Gasteiger partial charge in [-0.3, -0.25) is 0 Å². The molecule has 0 saturated carbocycles. The van der Waals surface area contributed by atoms with Gasteiger partial charge in [-0.1, -0.05) is 54.6 Å². The molecule has 2 heterocycles. The predicted octanol–water partition coefficient (Wildman–Crippen LogP) is 7.98. The largest absolute Gasteiger partial charge is 0.456 e. The summed E-state index contributed by atoms with van der Waals surface area (Å²) < 4.78 is 13.0. The van der Waals surface area contributed by atoms with Crippen LogP contribution in [0, 0.1) is 0 Å². The standard InChI is InChI=1S/C35H28N2O3/c1-36(25-12-5-3-6-13-25)27-18-20-32-31(21-27)35(23-24-11-9-10-16-29(24)34(38)40-35)30-19-17-28(22-33(30)39-32)37(2)26-14-7-4-8-15-26/h3-22H,23H2,1-2H3. The lowest BCUT2D eigenvalue weighted by atomic mass is 9.76. The molecular weight excluding hydrogens is 496 g/mol. The van der Waals surface area contributed by atoms with E-state index >= 15 is 0 Å². The molecular formula is C35H28N2O3. The number of hydrogen-bond donors (Lipinski definition) is 0. The molecule has 0 N–H and O–H groups in total. The number of ether oxygens (including phenoxy) is 2. The molecule has 7 rings (SSSR count). The quantitative estimate of drug-likeness (QED) is 0.223. The minimum atomic E-state index is -1.02. The second-order valence-electron chi connectivity index (χ2n) is 10.3. The van der Waals surface area contributed by atoms with Gasteiger partial charge in [0.25, 0.3) is 0 Å². The maximum absolute atomic E-state index is 13.5. The molecule has 5 heteroatoms. The van der Waals surface area contributed by atoms with Gasteiger partial charge in [0.15, 0.2) is 5.60 Å². The number of nitrogens with zero attached hydrogens (tertiary/aromatic N) is 2. The molecule has 0 aromatic heterocycles. The number of rotatable bonds is 4. The third kappa shape index (κ3) is 3.82. The fourth-order valence-corrected chi connectivity index (χ4v) is 5.83. The van der Waals surface area contributed by atoms with Crippen molar-refractivity contribution in [3.05, 3.63) is 144 Å². The second kappa shape index (κ2) is 9.31. The third-order valence-corrected chi connectivity index (χ3v) is 8.02. The van der Waals surface area contributed by atoms with Crippen LogP contribution in [-0.2, 0) is 16.8 Å². The van der Waals surface area contributed by atoms with Crippen LogP contribution in [-0.4, -0.2) is 20.1 Å². The fourth-order valence-electron chi connectivity index (χ4n) is 5.83. The molecule has 0 fully saturated rings. The first-order valence-corrected chi connectivity index (χ1v) is 13.4. The van der Waals surface area contributed by atoms with Crippen molar-refractivity contribution in [3.63, 3.8) is 0 Å². The van der Waals surface area contributed by atoms with Gasteiger partial charge in [0.2, 0.25) is 0 Å². The molecule has 2 aliphatic rings. The van der Waals surface area contributed by atoms with Crippen molar-refractivity contribution in [2.24, 2.45) is 0 Å². The van der Waals surface area contributed by atoms with Gasteiger partial charge in [-0.05, 0) is 66.2 Å². The highest BCUT2D eigenvalue weighted by Crippen LogP contribution is 2.54. The first kappa shape index (κ1) is 24.0. The molecule has 5 aromatic carbocycles. The number of para-hydroxylation sites is 2. The summed E-state index contributed by atoms with van der Waals surface area (Å²) in [5, 5.41) is 0. The second-order valence-corrected chi connectivity index (χ2v) is 10.3. The minimum absolute atomic E-state index is 0.326. The summed E-state index contributed by atoms with van der Waals surface area (Å²) in [4.78, 5) is 17.7. The predicted molar refractivity (Wildman–Crippen MR) is 158 cm³/mol. The molecule has 0 amide bonds. The van der Waals surface area contributed by atoms with Crippen LogP contribution in [0.5, 0.6) is 11.5 Å². The average Bonchev–Trinajstić information content (AvgIpc) is 3.01. The smallest absolute Gasteiger partial charge is 0.339 e. The van der Waals surface area contributed by atoms with E-state index in [1.165, 1.54) is 0 Å². The van der Waals surface area contributed by atoms with Crippen molar-refractivity contribution < 1.29 is 14.3 Å². The van der Waals surface area contributed by atoms with E-state index in [2.05, 4.69) is 46.2 Å². The van der Waals surface area contributed by atoms with Gasteiger partial charge in [0, 0.05) is 60.5 Å². The highest BCUT2D eigenvalue weighted by molar-refractivity contribution is 5.93. The highest BCUT2D eigenvalue weighted by Gasteiger charge is 2.49. The Morgan fingerprint density at radius 1 is 0.600 bits per heavy atom. The molecule has 2 aliphatic heterocycles. The van der Waals surface area contributed by atoms with Crippen LogP contribution in [0.3, 0.4) is 0 Å². The van der Waals surface area contributed by atoms with Crippen LogP contribution in [0.2, 0.25) is 0 Å². The summed E-state index contributed by atoms with van der Waals surface area (Å²) in [5.41, 5.74) is 6.32. The van der Waals surface area contributed by atoms with Crippen molar-refractivity contribution >= 4 is 28.7 Å². The lowest BCUT2D eigenvalue weighted by Gasteiger charge is -2.43. The van der Waals surface area contributed by atoms with Crippen molar-refractivity contribution in [1.82, 2.24) is 0 Å². The molecule has 5 nitrogen and oxygen atoms in total. The number of carbonyl (C=O) groups excluding carboxylic acids is 1. The van der Waals surface area contributed by atoms with Crippen LogP contribution in [0.25, 0.3) is 0 Å². The van der Waals surface area contributed by atoms with E-state index in [-0.39, 0.29) is 5.97 Å². The van der Waals surface area contributed by atoms with Gasteiger partial charge in [0.1, 0.15) is 11.5 Å². The fraction of sp³-hybridized carbons (Fsp3) is 0.114. The molecule has 5 aromatic rings. The van der Waals surface area contributed by atoms with Crippen LogP contribution in [0.15, 0.2) is 121 Å². The van der Waals surface area contributed by atoms with E-state index in [0.29, 0.717) is 23.5 Å². The zero-order valence-corrected chi connectivity index (χ0v) is 22.4. The topological polar surface area (TPSA) is 42.0 Å². The molecule has 0 saturated heterocycles. The molecule has 1 unspecified atom stereocenters. The Kier molecular flexibility index (Phi) is 5.60. The normalized spacial score (nSPS) is 16.7. The lowest BCUT2D eigenvalue weighted by molar-refractivity contribution is -0.0112. The Labute approximate surface area is 233 Å². The Bertz CT molecular complexity index is 1740. The zero-order chi connectivity index (χ0) is 27.3. The summed E-state index contributed by atoms with van der Waals surface area (Å²) in [6, 6.07) is 40.4. The van der Waals surface area contributed by atoms with Crippen molar-refractivity contribution in [2.45, 2.75) is 12.0 Å². The van der Waals surface area contributed by atoms with E-state index < -0.39 is 5.60 Å². The Balaban J connectivity index is 1.39. The van der Waals surface area contributed by atoms with E-state index in [0.717, 1.165) is 39.4 Å². The van der Waals surface area contributed by atoms with Gasteiger partial charge in [-0.2, -0.15) is 0 Å². The molecule has 40 heavy (non-hydrogen) atoms. The van der Waals surface area contributed by atoms with Crippen LogP contribution in [0.4, 0.5) is 22.7 Å². The van der Waals surface area contributed by atoms with Crippen molar-refractivity contribution in [2.75, 3.05) is 23.9 Å². The van der Waals surface area contributed by atoms with Crippen LogP contribution < -0.4 is 14.5 Å². The van der Waals surface area contributed by atoms with E-state index in [9.17, 15) is 4.79 Å². The minimum Gasteiger partial charge on any atom is -0.456 e. The maximum Gasteiger partial charge on any atom is 0.339 e. The van der Waals surface area contributed by atoms with Crippen molar-refractivity contribution in [1.29, 1.82) is 0 Å². The lowest BCUT2D eigenvalue weighted by Crippen LogP contribution is -2.42. The summed E-state index contributed by atoms with van der Waals surface area (Å²) in [6.45, 7) is 0. The van der Waals surface area contributed by atoms with Crippen LogP contribution >= 0.6 is 0 Å². The van der Waals surface area contributed by atoms with Gasteiger partial charge in [-0.25, -0.2) is 4.79 Å². The van der Waals surface area contributed by atoms with E-state index in [1.807, 2.05) is 99.0 Å². The summed E-state index contributed by atoms with van der Waals surface area (Å²) in [7, 11) is 4.07. The van der Waals surface area contributed by atoms with E-state index in [4.69, 9.17) is 9.47 Å². The first-order chi connectivity index (χ1) is 19.5. The van der Waals surface area contributed by atoms with Gasteiger partial charge in [-0.15, -0.1) is 0 Å². The van der Waals surface area contributed by atoms with Gasteiger partial charge < -0.3 is 19.3 Å². The molecule has 196 valence electrons. The molecule has 0 radical (unpaired) electrons. The molecule has 0 aliphatic carbocycles. The molecule has 1 atom stereocenters. The number of esters is 1. The van der Waals surface area contributed by atoms with Crippen LogP contribution in [0.1, 0.15) is 27.0 Å².